The van der Waals surface area contributed by atoms with E-state index in [0.29, 0.717) is 0 Å². The monoisotopic (exact) mass is 469 g/mol. The second kappa shape index (κ2) is 10.8. The van der Waals surface area contributed by atoms with Crippen molar-refractivity contribution in [2.24, 2.45) is 0 Å². The summed E-state index contributed by atoms with van der Waals surface area (Å²) < 4.78 is 39.5. The largest absolute Gasteiger partial charge is 0.372 e. The molecule has 1 N–H and O–H groups in total. The summed E-state index contributed by atoms with van der Waals surface area (Å²) in [6.45, 7) is 7.95. The van der Waals surface area contributed by atoms with Crippen LogP contribution in [-0.2, 0) is 21.4 Å². The van der Waals surface area contributed by atoms with E-state index in [1.165, 1.54) is 12.1 Å². The van der Waals surface area contributed by atoms with Crippen LogP contribution in [0.2, 0.25) is 5.02 Å². The second-order valence-corrected chi connectivity index (χ2v) is 9.40. The molecule has 0 saturated carbocycles. The molecule has 0 heterocycles. The Bertz CT molecular complexity index is 996. The molecule has 1 unspecified atom stereocenters. The van der Waals surface area contributed by atoms with Crippen LogP contribution >= 0.6 is 11.6 Å². The molecule has 1 amide bonds. The molecule has 0 fully saturated rings. The summed E-state index contributed by atoms with van der Waals surface area (Å²) in [5.74, 6) is -1.11. The second-order valence-electron chi connectivity index (χ2n) is 7.14. The number of carbonyl (C=O) groups is 1. The highest BCUT2D eigenvalue weighted by molar-refractivity contribution is 7.92. The van der Waals surface area contributed by atoms with Gasteiger partial charge in [-0.05, 0) is 56.2 Å². The molecule has 0 aromatic heterocycles. The third-order valence-corrected chi connectivity index (χ3v) is 6.49. The molecule has 31 heavy (non-hydrogen) atoms. The van der Waals surface area contributed by atoms with Crippen LogP contribution in [0, 0.1) is 5.82 Å². The zero-order valence-electron chi connectivity index (χ0n) is 18.2. The third kappa shape index (κ3) is 6.33. The Labute approximate surface area is 189 Å². The van der Waals surface area contributed by atoms with Crippen molar-refractivity contribution in [1.29, 1.82) is 0 Å². The lowest BCUT2D eigenvalue weighted by Gasteiger charge is -2.30. The van der Waals surface area contributed by atoms with Gasteiger partial charge in [-0.2, -0.15) is 0 Å². The summed E-state index contributed by atoms with van der Waals surface area (Å²) in [6, 6.07) is 10.4. The topological polar surface area (TPSA) is 69.7 Å². The number of anilines is 2. The highest BCUT2D eigenvalue weighted by atomic mass is 35.5. The van der Waals surface area contributed by atoms with Crippen LogP contribution in [0.4, 0.5) is 15.8 Å². The van der Waals surface area contributed by atoms with E-state index in [2.05, 4.69) is 24.1 Å². The number of hydrogen-bond donors (Lipinski definition) is 1. The quantitative estimate of drug-likeness (QED) is 0.566. The normalized spacial score (nSPS) is 12.3. The highest BCUT2D eigenvalue weighted by Gasteiger charge is 2.31. The molecule has 2 rings (SSSR count). The minimum atomic E-state index is -3.82. The highest BCUT2D eigenvalue weighted by Crippen LogP contribution is 2.27. The molecule has 6 nitrogen and oxygen atoms in total. The number of amides is 1. The van der Waals surface area contributed by atoms with Crippen LogP contribution < -0.4 is 14.5 Å². The number of halogens is 2. The lowest BCUT2D eigenvalue weighted by Crippen LogP contribution is -2.49. The van der Waals surface area contributed by atoms with Crippen molar-refractivity contribution in [3.63, 3.8) is 0 Å². The van der Waals surface area contributed by atoms with E-state index >= 15 is 0 Å². The van der Waals surface area contributed by atoms with Gasteiger partial charge in [0, 0.05) is 25.3 Å². The molecule has 170 valence electrons. The molecule has 0 bridgehead atoms. The van der Waals surface area contributed by atoms with Crippen molar-refractivity contribution >= 4 is 38.9 Å². The molecule has 2 aromatic carbocycles. The molecule has 0 aliphatic heterocycles. The molecular weight excluding hydrogens is 441 g/mol. The van der Waals surface area contributed by atoms with E-state index in [1.807, 2.05) is 24.3 Å². The number of hydrogen-bond acceptors (Lipinski definition) is 4. The van der Waals surface area contributed by atoms with E-state index in [4.69, 9.17) is 11.6 Å². The van der Waals surface area contributed by atoms with Crippen LogP contribution in [0.3, 0.4) is 0 Å². The lowest BCUT2D eigenvalue weighted by molar-refractivity contribution is -0.122. The number of nitrogens with one attached hydrogen (secondary N) is 1. The maximum absolute atomic E-state index is 13.6. The molecule has 0 saturated heterocycles. The van der Waals surface area contributed by atoms with Crippen molar-refractivity contribution < 1.29 is 17.6 Å². The first-order valence-corrected chi connectivity index (χ1v) is 12.4. The Morgan fingerprint density at radius 3 is 2.13 bits per heavy atom. The van der Waals surface area contributed by atoms with Gasteiger partial charge in [-0.15, -0.1) is 0 Å². The SMILES string of the molecule is CCC(C(=O)NCc1ccc(N(CC)CC)cc1)N(c1ccc(F)c(Cl)c1)S(C)(=O)=O. The third-order valence-electron chi connectivity index (χ3n) is 5.02. The van der Waals surface area contributed by atoms with E-state index in [1.54, 1.807) is 6.92 Å². The minimum absolute atomic E-state index is 0.138. The van der Waals surface area contributed by atoms with E-state index in [0.717, 1.165) is 41.0 Å². The van der Waals surface area contributed by atoms with Gasteiger partial charge in [0.25, 0.3) is 0 Å². The first-order chi connectivity index (χ1) is 14.6. The molecule has 0 spiro atoms. The summed E-state index contributed by atoms with van der Waals surface area (Å²) in [7, 11) is -3.82. The molecule has 0 radical (unpaired) electrons. The number of carbonyl (C=O) groups excluding carboxylic acids is 1. The molecule has 1 atom stereocenters. The Hall–Kier alpha value is -2.32. The van der Waals surface area contributed by atoms with Gasteiger partial charge in [0.2, 0.25) is 15.9 Å². The summed E-state index contributed by atoms with van der Waals surface area (Å²) in [6.07, 6.45) is 1.24. The Balaban J connectivity index is 2.19. The maximum atomic E-state index is 13.6. The Kier molecular flexibility index (Phi) is 8.70. The number of benzene rings is 2. The first-order valence-electron chi connectivity index (χ1n) is 10.2. The van der Waals surface area contributed by atoms with Crippen LogP contribution in [0.5, 0.6) is 0 Å². The molecule has 9 heteroatoms. The van der Waals surface area contributed by atoms with Gasteiger partial charge in [-0.25, -0.2) is 12.8 Å². The molecular formula is C22H29ClFN3O3S. The molecule has 0 aliphatic rings. The van der Waals surface area contributed by atoms with Crippen molar-refractivity contribution in [1.82, 2.24) is 5.32 Å². The fourth-order valence-corrected chi connectivity index (χ4v) is 4.78. The summed E-state index contributed by atoms with van der Waals surface area (Å²) in [4.78, 5) is 15.1. The number of rotatable bonds is 10. The minimum Gasteiger partial charge on any atom is -0.372 e. The Morgan fingerprint density at radius 1 is 1.06 bits per heavy atom. The fourth-order valence-electron chi connectivity index (χ4n) is 3.40. The zero-order chi connectivity index (χ0) is 23.2. The average Bonchev–Trinajstić information content (AvgIpc) is 2.73. The van der Waals surface area contributed by atoms with Gasteiger partial charge in [0.1, 0.15) is 11.9 Å². The maximum Gasteiger partial charge on any atom is 0.244 e. The Morgan fingerprint density at radius 2 is 1.65 bits per heavy atom. The lowest BCUT2D eigenvalue weighted by atomic mass is 10.1. The fraction of sp³-hybridized carbons (Fsp3) is 0.409. The molecule has 0 aliphatic carbocycles. The predicted octanol–water partition coefficient (Wildman–Crippen LogP) is 4.19. The van der Waals surface area contributed by atoms with Gasteiger partial charge < -0.3 is 10.2 Å². The average molecular weight is 470 g/mol. The van der Waals surface area contributed by atoms with Crippen molar-refractivity contribution in [3.05, 3.63) is 58.9 Å². The first kappa shape index (κ1) is 24.9. The smallest absolute Gasteiger partial charge is 0.244 e. The van der Waals surface area contributed by atoms with Crippen molar-refractivity contribution in [3.8, 4) is 0 Å². The van der Waals surface area contributed by atoms with Crippen molar-refractivity contribution in [2.75, 3.05) is 28.6 Å². The van der Waals surface area contributed by atoms with Gasteiger partial charge in [0.05, 0.1) is 17.0 Å². The van der Waals surface area contributed by atoms with Gasteiger partial charge >= 0.3 is 0 Å². The number of sulfonamides is 1. The van der Waals surface area contributed by atoms with Gasteiger partial charge in [0.15, 0.2) is 0 Å². The molecule has 2 aromatic rings. The van der Waals surface area contributed by atoms with Crippen LogP contribution in [0.15, 0.2) is 42.5 Å². The van der Waals surface area contributed by atoms with Crippen molar-refractivity contribution in [2.45, 2.75) is 39.8 Å². The predicted molar refractivity (Wildman–Crippen MR) is 125 cm³/mol. The van der Waals surface area contributed by atoms with Gasteiger partial charge in [-0.1, -0.05) is 30.7 Å². The van der Waals surface area contributed by atoms with E-state index in [9.17, 15) is 17.6 Å². The van der Waals surface area contributed by atoms with Crippen LogP contribution in [0.1, 0.15) is 32.8 Å². The standard InChI is InChI=1S/C22H29ClFN3O3S/c1-5-21(27(31(4,29)30)18-12-13-20(24)19(23)14-18)22(28)25-15-16-8-10-17(11-9-16)26(6-2)7-3/h8-14,21H,5-7,15H2,1-4H3,(H,25,28). The van der Waals surface area contributed by atoms with Crippen LogP contribution in [0.25, 0.3) is 0 Å². The van der Waals surface area contributed by atoms with Gasteiger partial charge in [-0.3, -0.25) is 9.10 Å². The van der Waals surface area contributed by atoms with E-state index < -0.39 is 27.8 Å². The number of nitrogens with zero attached hydrogens (tertiary/aromatic N) is 2. The summed E-state index contributed by atoms with van der Waals surface area (Å²) in [5, 5.41) is 2.60. The van der Waals surface area contributed by atoms with E-state index in [-0.39, 0.29) is 23.7 Å². The summed E-state index contributed by atoms with van der Waals surface area (Å²) in [5.41, 5.74) is 2.14. The summed E-state index contributed by atoms with van der Waals surface area (Å²) >= 11 is 5.83. The zero-order valence-corrected chi connectivity index (χ0v) is 19.8. The van der Waals surface area contributed by atoms with Crippen LogP contribution in [-0.4, -0.2) is 39.7 Å².